The van der Waals surface area contributed by atoms with Crippen LogP contribution in [0, 0.1) is 0 Å². The van der Waals surface area contributed by atoms with Crippen LogP contribution >= 0.6 is 15.9 Å². The minimum atomic E-state index is -0.231. The lowest BCUT2D eigenvalue weighted by molar-refractivity contribution is 0.0898. The molecule has 112 valence electrons. The lowest BCUT2D eigenvalue weighted by Crippen LogP contribution is -2.45. The lowest BCUT2D eigenvalue weighted by atomic mass is 9.95. The fraction of sp³-hybridized carbons (Fsp3) is 0.533. The Morgan fingerprint density at radius 3 is 2.55 bits per heavy atom. The second-order valence-corrected chi connectivity index (χ2v) is 5.67. The van der Waals surface area contributed by atoms with Crippen molar-refractivity contribution in [1.82, 2.24) is 5.32 Å². The molecule has 1 aromatic rings. The topological polar surface area (TPSA) is 47.6 Å². The second kappa shape index (κ2) is 7.53. The van der Waals surface area contributed by atoms with Gasteiger partial charge in [0.2, 0.25) is 0 Å². The normalized spacial score (nSPS) is 13.4. The van der Waals surface area contributed by atoms with Gasteiger partial charge in [-0.05, 0) is 31.9 Å². The quantitative estimate of drug-likeness (QED) is 0.772. The van der Waals surface area contributed by atoms with E-state index < -0.39 is 0 Å². The van der Waals surface area contributed by atoms with Crippen LogP contribution in [0.3, 0.4) is 0 Å². The van der Waals surface area contributed by atoms with E-state index in [0.29, 0.717) is 17.1 Å². The summed E-state index contributed by atoms with van der Waals surface area (Å²) >= 11 is 3.43. The average Bonchev–Trinajstić information content (AvgIpc) is 2.46. The van der Waals surface area contributed by atoms with Crippen LogP contribution in [0.1, 0.15) is 37.0 Å². The van der Waals surface area contributed by atoms with Gasteiger partial charge < -0.3 is 14.8 Å². The van der Waals surface area contributed by atoms with Gasteiger partial charge in [-0.15, -0.1) is 0 Å². The molecule has 1 amide bonds. The number of halogens is 1. The van der Waals surface area contributed by atoms with Crippen LogP contribution in [0.25, 0.3) is 0 Å². The molecule has 0 aromatic heterocycles. The van der Waals surface area contributed by atoms with Gasteiger partial charge in [-0.1, -0.05) is 22.9 Å². The van der Waals surface area contributed by atoms with Crippen LogP contribution in [-0.4, -0.2) is 31.0 Å². The number of benzene rings is 1. The number of rotatable bonds is 7. The summed E-state index contributed by atoms with van der Waals surface area (Å²) in [4.78, 5) is 12.4. The first-order chi connectivity index (χ1) is 9.49. The molecular formula is C15H22BrNO3. The molecule has 1 atom stereocenters. The van der Waals surface area contributed by atoms with E-state index in [1.807, 2.05) is 6.92 Å². The first kappa shape index (κ1) is 16.8. The van der Waals surface area contributed by atoms with Crippen molar-refractivity contribution >= 4 is 21.8 Å². The molecule has 1 aromatic carbocycles. The van der Waals surface area contributed by atoms with Gasteiger partial charge in [0.15, 0.2) is 0 Å². The molecule has 0 spiro atoms. The van der Waals surface area contributed by atoms with Gasteiger partial charge in [0.25, 0.3) is 5.91 Å². The van der Waals surface area contributed by atoms with E-state index >= 15 is 0 Å². The number of ether oxygens (including phenoxy) is 2. The SMILES string of the molecule is CCC(C)(CCBr)NC(=O)c1ccc(OC)cc1OC. The highest BCUT2D eigenvalue weighted by molar-refractivity contribution is 9.09. The average molecular weight is 344 g/mol. The summed E-state index contributed by atoms with van der Waals surface area (Å²) in [5.41, 5.74) is 0.286. The predicted molar refractivity (Wildman–Crippen MR) is 84.1 cm³/mol. The van der Waals surface area contributed by atoms with Gasteiger partial charge in [0.05, 0.1) is 19.8 Å². The van der Waals surface area contributed by atoms with Gasteiger partial charge in [-0.3, -0.25) is 4.79 Å². The van der Waals surface area contributed by atoms with Gasteiger partial charge in [0, 0.05) is 16.9 Å². The largest absolute Gasteiger partial charge is 0.497 e. The van der Waals surface area contributed by atoms with Crippen LogP contribution in [0.15, 0.2) is 18.2 Å². The van der Waals surface area contributed by atoms with E-state index in [4.69, 9.17) is 9.47 Å². The molecule has 0 radical (unpaired) electrons. The molecule has 4 nitrogen and oxygen atoms in total. The maximum absolute atomic E-state index is 12.4. The summed E-state index contributed by atoms with van der Waals surface area (Å²) in [5, 5.41) is 3.93. The Kier molecular flexibility index (Phi) is 6.33. The highest BCUT2D eigenvalue weighted by Crippen LogP contribution is 2.26. The van der Waals surface area contributed by atoms with E-state index in [0.717, 1.165) is 18.2 Å². The van der Waals surface area contributed by atoms with Crippen molar-refractivity contribution < 1.29 is 14.3 Å². The van der Waals surface area contributed by atoms with Gasteiger partial charge in [0.1, 0.15) is 11.5 Å². The van der Waals surface area contributed by atoms with E-state index in [2.05, 4.69) is 28.2 Å². The molecule has 0 saturated heterocycles. The van der Waals surface area contributed by atoms with Crippen molar-refractivity contribution in [3.05, 3.63) is 23.8 Å². The Bertz CT molecular complexity index is 464. The highest BCUT2D eigenvalue weighted by Gasteiger charge is 2.25. The third-order valence-electron chi connectivity index (χ3n) is 3.50. The molecule has 1 rings (SSSR count). The Hall–Kier alpha value is -1.23. The standard InChI is InChI=1S/C15H22BrNO3/c1-5-15(2,8-9-16)17-14(18)12-7-6-11(19-3)10-13(12)20-4/h6-7,10H,5,8-9H2,1-4H3,(H,17,18). The fourth-order valence-electron chi connectivity index (χ4n) is 1.86. The Morgan fingerprint density at radius 1 is 1.35 bits per heavy atom. The number of methoxy groups -OCH3 is 2. The molecule has 0 bridgehead atoms. The number of alkyl halides is 1. The predicted octanol–water partition coefficient (Wildman–Crippen LogP) is 3.39. The first-order valence-electron chi connectivity index (χ1n) is 6.60. The van der Waals surface area contributed by atoms with Crippen molar-refractivity contribution in [3.8, 4) is 11.5 Å². The number of amides is 1. The summed E-state index contributed by atoms with van der Waals surface area (Å²) in [6.45, 7) is 4.11. The molecule has 1 N–H and O–H groups in total. The summed E-state index contributed by atoms with van der Waals surface area (Å²) in [6.07, 6.45) is 1.73. The molecule has 5 heteroatoms. The minimum Gasteiger partial charge on any atom is -0.497 e. The number of nitrogens with one attached hydrogen (secondary N) is 1. The summed E-state index contributed by atoms with van der Waals surface area (Å²) in [6, 6.07) is 5.19. The molecule has 0 heterocycles. The van der Waals surface area contributed by atoms with Crippen LogP contribution in [0.2, 0.25) is 0 Å². The van der Waals surface area contributed by atoms with Crippen LogP contribution in [0.4, 0.5) is 0 Å². The van der Waals surface area contributed by atoms with E-state index in [-0.39, 0.29) is 11.4 Å². The fourth-order valence-corrected chi connectivity index (χ4v) is 2.74. The van der Waals surface area contributed by atoms with E-state index in [1.165, 1.54) is 0 Å². The molecule has 0 aliphatic carbocycles. The van der Waals surface area contributed by atoms with Crippen molar-refractivity contribution in [2.45, 2.75) is 32.2 Å². The van der Waals surface area contributed by atoms with E-state index in [1.54, 1.807) is 32.4 Å². The smallest absolute Gasteiger partial charge is 0.255 e. The third kappa shape index (κ3) is 4.13. The molecule has 0 saturated carbocycles. The van der Waals surface area contributed by atoms with Crippen LogP contribution < -0.4 is 14.8 Å². The maximum Gasteiger partial charge on any atom is 0.255 e. The minimum absolute atomic E-state index is 0.130. The molecule has 0 aliphatic heterocycles. The van der Waals surface area contributed by atoms with E-state index in [9.17, 15) is 4.79 Å². The van der Waals surface area contributed by atoms with Crippen LogP contribution in [0.5, 0.6) is 11.5 Å². The molecule has 20 heavy (non-hydrogen) atoms. The highest BCUT2D eigenvalue weighted by atomic mass is 79.9. The second-order valence-electron chi connectivity index (χ2n) is 4.87. The van der Waals surface area contributed by atoms with Crippen molar-refractivity contribution in [2.24, 2.45) is 0 Å². The maximum atomic E-state index is 12.4. The molecule has 0 aliphatic rings. The molecular weight excluding hydrogens is 322 g/mol. The zero-order valence-electron chi connectivity index (χ0n) is 12.5. The zero-order valence-corrected chi connectivity index (χ0v) is 14.0. The van der Waals surface area contributed by atoms with Gasteiger partial charge in [-0.25, -0.2) is 0 Å². The zero-order chi connectivity index (χ0) is 15.2. The summed E-state index contributed by atoms with van der Waals surface area (Å²) < 4.78 is 10.4. The Balaban J connectivity index is 2.97. The lowest BCUT2D eigenvalue weighted by Gasteiger charge is -2.29. The summed E-state index contributed by atoms with van der Waals surface area (Å²) in [5.74, 6) is 1.05. The van der Waals surface area contributed by atoms with Gasteiger partial charge in [-0.2, -0.15) is 0 Å². The summed E-state index contributed by atoms with van der Waals surface area (Å²) in [7, 11) is 3.13. The monoisotopic (exact) mass is 343 g/mol. The number of carbonyl (C=O) groups excluding carboxylic acids is 1. The van der Waals surface area contributed by atoms with Crippen molar-refractivity contribution in [3.63, 3.8) is 0 Å². The third-order valence-corrected chi connectivity index (χ3v) is 3.89. The van der Waals surface area contributed by atoms with Crippen molar-refractivity contribution in [2.75, 3.05) is 19.5 Å². The number of hydrogen-bond acceptors (Lipinski definition) is 3. The first-order valence-corrected chi connectivity index (χ1v) is 7.72. The number of hydrogen-bond donors (Lipinski definition) is 1. The van der Waals surface area contributed by atoms with Crippen LogP contribution in [-0.2, 0) is 0 Å². The van der Waals surface area contributed by atoms with Gasteiger partial charge >= 0.3 is 0 Å². The Labute approximate surface area is 129 Å². The molecule has 1 unspecified atom stereocenters. The van der Waals surface area contributed by atoms with Crippen molar-refractivity contribution in [1.29, 1.82) is 0 Å². The number of carbonyl (C=O) groups is 1. The Morgan fingerprint density at radius 2 is 2.05 bits per heavy atom. The molecule has 0 fully saturated rings.